The molecule has 0 spiro atoms. The van der Waals surface area contributed by atoms with Crippen molar-refractivity contribution in [2.24, 2.45) is 5.73 Å². The summed E-state index contributed by atoms with van der Waals surface area (Å²) in [7, 11) is 1.17. The molecule has 4 nitrogen and oxygen atoms in total. The fraction of sp³-hybridized carbons (Fsp3) is 0.300. The highest BCUT2D eigenvalue weighted by Crippen LogP contribution is 2.25. The molecule has 1 aromatic rings. The molecular weight excluding hydrogens is 220 g/mol. The van der Waals surface area contributed by atoms with E-state index in [2.05, 4.69) is 9.47 Å². The van der Waals surface area contributed by atoms with Gasteiger partial charge in [-0.3, -0.25) is 4.79 Å². The van der Waals surface area contributed by atoms with Crippen LogP contribution in [0, 0.1) is 0 Å². The summed E-state index contributed by atoms with van der Waals surface area (Å²) >= 11 is 0. The van der Waals surface area contributed by atoms with E-state index in [0.29, 0.717) is 0 Å². The van der Waals surface area contributed by atoms with E-state index in [1.807, 2.05) is 0 Å². The first-order chi connectivity index (χ1) is 7.56. The number of ether oxygens (including phenoxy) is 2. The molecule has 0 aliphatic carbocycles. The highest BCUT2D eigenvalue weighted by Gasteiger charge is 2.21. The standard InChI is InChI=1S/C10H11F2NO3/c1-15-9(14)8(13)6-4-2-3-5-7(6)16-10(11)12/h2-5,8,10H,13H2,1H3. The summed E-state index contributed by atoms with van der Waals surface area (Å²) in [5.41, 5.74) is 5.69. The summed E-state index contributed by atoms with van der Waals surface area (Å²) in [5.74, 6) is -0.847. The molecule has 0 heterocycles. The van der Waals surface area contributed by atoms with Crippen LogP contribution in [-0.2, 0) is 9.53 Å². The van der Waals surface area contributed by atoms with Gasteiger partial charge in [0.05, 0.1) is 7.11 Å². The zero-order valence-corrected chi connectivity index (χ0v) is 8.52. The predicted octanol–water partition coefficient (Wildman–Crippen LogP) is 1.46. The van der Waals surface area contributed by atoms with Crippen molar-refractivity contribution in [1.29, 1.82) is 0 Å². The summed E-state index contributed by atoms with van der Waals surface area (Å²) < 4.78 is 32.8. The van der Waals surface area contributed by atoms with E-state index in [-0.39, 0.29) is 11.3 Å². The molecule has 1 rings (SSSR count). The highest BCUT2D eigenvalue weighted by atomic mass is 19.3. The molecule has 1 aromatic carbocycles. The maximum atomic E-state index is 12.1. The largest absolute Gasteiger partial charge is 0.468 e. The Balaban J connectivity index is 2.98. The van der Waals surface area contributed by atoms with Gasteiger partial charge in [0.2, 0.25) is 0 Å². The first kappa shape index (κ1) is 12.4. The Morgan fingerprint density at radius 1 is 1.38 bits per heavy atom. The van der Waals surface area contributed by atoms with Gasteiger partial charge in [0.15, 0.2) is 0 Å². The molecule has 0 fully saturated rings. The highest BCUT2D eigenvalue weighted by molar-refractivity contribution is 5.78. The van der Waals surface area contributed by atoms with Crippen LogP contribution in [0.15, 0.2) is 24.3 Å². The Hall–Kier alpha value is -1.69. The lowest BCUT2D eigenvalue weighted by molar-refractivity contribution is -0.142. The molecule has 0 aromatic heterocycles. The van der Waals surface area contributed by atoms with E-state index in [9.17, 15) is 13.6 Å². The van der Waals surface area contributed by atoms with Gasteiger partial charge in [-0.1, -0.05) is 18.2 Å². The molecule has 0 saturated heterocycles. The van der Waals surface area contributed by atoms with E-state index in [4.69, 9.17) is 5.73 Å². The number of carbonyl (C=O) groups is 1. The Morgan fingerprint density at radius 2 is 2.00 bits per heavy atom. The normalized spacial score (nSPS) is 12.3. The Kier molecular flexibility index (Phi) is 4.19. The van der Waals surface area contributed by atoms with Crippen molar-refractivity contribution in [2.75, 3.05) is 7.11 Å². The maximum Gasteiger partial charge on any atom is 0.387 e. The van der Waals surface area contributed by atoms with Crippen molar-refractivity contribution >= 4 is 5.97 Å². The van der Waals surface area contributed by atoms with Crippen molar-refractivity contribution in [3.8, 4) is 5.75 Å². The molecule has 0 bridgehead atoms. The smallest absolute Gasteiger partial charge is 0.387 e. The third-order valence-electron chi connectivity index (χ3n) is 1.93. The monoisotopic (exact) mass is 231 g/mol. The van der Waals surface area contributed by atoms with E-state index >= 15 is 0 Å². The SMILES string of the molecule is COC(=O)C(N)c1ccccc1OC(F)F. The molecule has 0 aliphatic rings. The van der Waals surface area contributed by atoms with Gasteiger partial charge >= 0.3 is 12.6 Å². The molecule has 1 atom stereocenters. The first-order valence-corrected chi connectivity index (χ1v) is 4.43. The van der Waals surface area contributed by atoms with Crippen LogP contribution in [-0.4, -0.2) is 19.7 Å². The second-order valence-corrected chi connectivity index (χ2v) is 2.92. The van der Waals surface area contributed by atoms with Crippen LogP contribution < -0.4 is 10.5 Å². The predicted molar refractivity (Wildman–Crippen MR) is 52.0 cm³/mol. The molecule has 88 valence electrons. The van der Waals surface area contributed by atoms with E-state index < -0.39 is 18.6 Å². The quantitative estimate of drug-likeness (QED) is 0.797. The van der Waals surface area contributed by atoms with Crippen molar-refractivity contribution in [1.82, 2.24) is 0 Å². The van der Waals surface area contributed by atoms with Gasteiger partial charge < -0.3 is 15.2 Å². The number of carbonyl (C=O) groups excluding carboxylic acids is 1. The number of hydrogen-bond acceptors (Lipinski definition) is 4. The Morgan fingerprint density at radius 3 is 2.56 bits per heavy atom. The van der Waals surface area contributed by atoms with Gasteiger partial charge in [-0.15, -0.1) is 0 Å². The maximum absolute atomic E-state index is 12.1. The fourth-order valence-electron chi connectivity index (χ4n) is 1.19. The van der Waals surface area contributed by atoms with Crippen LogP contribution in [0.4, 0.5) is 8.78 Å². The summed E-state index contributed by atoms with van der Waals surface area (Å²) in [5, 5.41) is 0. The van der Waals surface area contributed by atoms with Crippen molar-refractivity contribution in [2.45, 2.75) is 12.7 Å². The molecule has 1 unspecified atom stereocenters. The molecule has 0 amide bonds. The van der Waals surface area contributed by atoms with Crippen LogP contribution in [0.25, 0.3) is 0 Å². The number of methoxy groups -OCH3 is 1. The lowest BCUT2D eigenvalue weighted by atomic mass is 10.1. The minimum Gasteiger partial charge on any atom is -0.468 e. The van der Waals surface area contributed by atoms with E-state index in [1.165, 1.54) is 25.3 Å². The minimum absolute atomic E-state index is 0.129. The lowest BCUT2D eigenvalue weighted by Gasteiger charge is -2.14. The number of alkyl halides is 2. The third kappa shape index (κ3) is 2.90. The summed E-state index contributed by atoms with van der Waals surface area (Å²) in [6, 6.07) is 4.67. The Labute approximate surface area is 91.0 Å². The molecule has 6 heteroatoms. The molecule has 2 N–H and O–H groups in total. The molecule has 0 saturated carbocycles. The first-order valence-electron chi connectivity index (χ1n) is 4.43. The average molecular weight is 231 g/mol. The zero-order chi connectivity index (χ0) is 12.1. The van der Waals surface area contributed by atoms with Crippen LogP contribution in [0.2, 0.25) is 0 Å². The van der Waals surface area contributed by atoms with Crippen LogP contribution >= 0.6 is 0 Å². The number of benzene rings is 1. The summed E-state index contributed by atoms with van der Waals surface area (Å²) in [6.45, 7) is -2.97. The number of halogens is 2. The summed E-state index contributed by atoms with van der Waals surface area (Å²) in [4.78, 5) is 11.2. The van der Waals surface area contributed by atoms with Gasteiger partial charge in [0.25, 0.3) is 0 Å². The third-order valence-corrected chi connectivity index (χ3v) is 1.93. The van der Waals surface area contributed by atoms with Gasteiger partial charge in [0.1, 0.15) is 11.8 Å². The summed E-state index contributed by atoms with van der Waals surface area (Å²) in [6.07, 6.45) is 0. The van der Waals surface area contributed by atoms with Gasteiger partial charge in [-0.05, 0) is 6.07 Å². The molecular formula is C10H11F2NO3. The van der Waals surface area contributed by atoms with Gasteiger partial charge in [-0.25, -0.2) is 0 Å². The van der Waals surface area contributed by atoms with Gasteiger partial charge in [0, 0.05) is 5.56 Å². The fourth-order valence-corrected chi connectivity index (χ4v) is 1.19. The van der Waals surface area contributed by atoms with Crippen LogP contribution in [0.3, 0.4) is 0 Å². The molecule has 0 aliphatic heterocycles. The second-order valence-electron chi connectivity index (χ2n) is 2.92. The number of hydrogen-bond donors (Lipinski definition) is 1. The number of nitrogens with two attached hydrogens (primary N) is 1. The molecule has 16 heavy (non-hydrogen) atoms. The zero-order valence-electron chi connectivity index (χ0n) is 8.52. The Bertz CT molecular complexity index is 371. The number of para-hydroxylation sites is 1. The minimum atomic E-state index is -2.97. The van der Waals surface area contributed by atoms with Crippen molar-refractivity contribution in [3.05, 3.63) is 29.8 Å². The topological polar surface area (TPSA) is 61.5 Å². The average Bonchev–Trinajstić information content (AvgIpc) is 2.27. The van der Waals surface area contributed by atoms with Crippen LogP contribution in [0.5, 0.6) is 5.75 Å². The second kappa shape index (κ2) is 5.41. The van der Waals surface area contributed by atoms with Crippen LogP contribution in [0.1, 0.15) is 11.6 Å². The molecule has 0 radical (unpaired) electrons. The van der Waals surface area contributed by atoms with Crippen molar-refractivity contribution < 1.29 is 23.0 Å². The van der Waals surface area contributed by atoms with E-state index in [0.717, 1.165) is 0 Å². The van der Waals surface area contributed by atoms with Crippen molar-refractivity contribution in [3.63, 3.8) is 0 Å². The number of rotatable bonds is 4. The van der Waals surface area contributed by atoms with Gasteiger partial charge in [-0.2, -0.15) is 8.78 Å². The van der Waals surface area contributed by atoms with E-state index in [1.54, 1.807) is 6.07 Å². The number of esters is 1. The lowest BCUT2D eigenvalue weighted by Crippen LogP contribution is -2.23.